The van der Waals surface area contributed by atoms with Gasteiger partial charge in [-0.25, -0.2) is 4.98 Å². The average molecular weight is 420 g/mol. The molecule has 1 aromatic heterocycles. The van der Waals surface area contributed by atoms with Gasteiger partial charge in [-0.1, -0.05) is 12.1 Å². The van der Waals surface area contributed by atoms with Crippen LogP contribution < -0.4 is 24.3 Å². The summed E-state index contributed by atoms with van der Waals surface area (Å²) < 4.78 is 22.7. The molecule has 0 bridgehead atoms. The fourth-order valence-electron chi connectivity index (χ4n) is 3.35. The van der Waals surface area contributed by atoms with Crippen LogP contribution in [0.4, 0.5) is 5.69 Å². The molecule has 31 heavy (non-hydrogen) atoms. The fraction of sp³-hybridized carbons (Fsp3) is 0.250. The molecule has 0 saturated heterocycles. The number of hydrogen-bond donors (Lipinski definition) is 1. The van der Waals surface area contributed by atoms with E-state index in [1.807, 2.05) is 26.0 Å². The average Bonchev–Trinajstić information content (AvgIpc) is 3.08. The van der Waals surface area contributed by atoms with Gasteiger partial charge in [0.2, 0.25) is 5.88 Å². The molecule has 1 aliphatic heterocycles. The van der Waals surface area contributed by atoms with Crippen LogP contribution in [0.25, 0.3) is 0 Å². The Balaban J connectivity index is 1.40. The van der Waals surface area contributed by atoms with E-state index in [0.717, 1.165) is 17.7 Å². The lowest BCUT2D eigenvalue weighted by Crippen LogP contribution is -2.25. The Bertz CT molecular complexity index is 1080. The minimum absolute atomic E-state index is 0.170. The monoisotopic (exact) mass is 420 g/mol. The minimum atomic E-state index is -0.331. The number of pyridine rings is 1. The number of benzene rings is 2. The normalized spacial score (nSPS) is 13.6. The van der Waals surface area contributed by atoms with Crippen LogP contribution in [-0.4, -0.2) is 30.2 Å². The van der Waals surface area contributed by atoms with E-state index in [1.165, 1.54) is 0 Å². The van der Waals surface area contributed by atoms with E-state index in [4.69, 9.17) is 18.9 Å². The summed E-state index contributed by atoms with van der Waals surface area (Å²) in [4.78, 5) is 16.7. The number of aromatic nitrogens is 1. The molecule has 0 radical (unpaired) electrons. The Kier molecular flexibility index (Phi) is 5.66. The standard InChI is InChI=1S/C24H24N2O5/c1-24(2)14-16-6-4-8-20(22(16)31-24)29-15-21(27)26-19-7-5-13-25-23(19)30-18-11-9-17(28-3)10-12-18/h4-13H,14-15H2,1-3H3,(H,26,27). The van der Waals surface area contributed by atoms with Crippen molar-refractivity contribution in [1.29, 1.82) is 0 Å². The number of rotatable bonds is 7. The summed E-state index contributed by atoms with van der Waals surface area (Å²) in [5.41, 5.74) is 1.24. The van der Waals surface area contributed by atoms with Gasteiger partial charge in [-0.3, -0.25) is 4.79 Å². The highest BCUT2D eigenvalue weighted by Crippen LogP contribution is 2.41. The van der Waals surface area contributed by atoms with Crippen molar-refractivity contribution in [3.63, 3.8) is 0 Å². The summed E-state index contributed by atoms with van der Waals surface area (Å²) in [7, 11) is 1.60. The van der Waals surface area contributed by atoms with Gasteiger partial charge in [0, 0.05) is 18.2 Å². The van der Waals surface area contributed by atoms with E-state index in [1.54, 1.807) is 55.8 Å². The molecule has 7 nitrogen and oxygen atoms in total. The van der Waals surface area contributed by atoms with Gasteiger partial charge >= 0.3 is 0 Å². The zero-order valence-electron chi connectivity index (χ0n) is 17.7. The Labute approximate surface area is 180 Å². The maximum Gasteiger partial charge on any atom is 0.262 e. The predicted molar refractivity (Wildman–Crippen MR) is 116 cm³/mol. The second kappa shape index (κ2) is 8.55. The van der Waals surface area contributed by atoms with Crippen molar-refractivity contribution in [2.75, 3.05) is 19.0 Å². The van der Waals surface area contributed by atoms with Crippen LogP contribution in [0.1, 0.15) is 19.4 Å². The first kappa shape index (κ1) is 20.5. The molecule has 3 aromatic rings. The number of amides is 1. The fourth-order valence-corrected chi connectivity index (χ4v) is 3.35. The van der Waals surface area contributed by atoms with Crippen molar-refractivity contribution in [2.45, 2.75) is 25.9 Å². The minimum Gasteiger partial charge on any atom is -0.497 e. The highest BCUT2D eigenvalue weighted by Gasteiger charge is 2.32. The molecule has 0 spiro atoms. The van der Waals surface area contributed by atoms with Crippen molar-refractivity contribution >= 4 is 11.6 Å². The first-order valence-corrected chi connectivity index (χ1v) is 9.94. The molecule has 1 aliphatic rings. The van der Waals surface area contributed by atoms with Crippen LogP contribution in [0, 0.1) is 0 Å². The van der Waals surface area contributed by atoms with Gasteiger partial charge in [0.1, 0.15) is 22.8 Å². The molecule has 160 valence electrons. The summed E-state index contributed by atoms with van der Waals surface area (Å²) in [6, 6.07) is 16.2. The summed E-state index contributed by atoms with van der Waals surface area (Å²) >= 11 is 0. The predicted octanol–water partition coefficient (Wildman–Crippen LogP) is 4.61. The molecule has 1 amide bonds. The van der Waals surface area contributed by atoms with E-state index in [2.05, 4.69) is 10.3 Å². The maximum absolute atomic E-state index is 12.5. The van der Waals surface area contributed by atoms with Gasteiger partial charge in [0.15, 0.2) is 18.1 Å². The molecule has 0 unspecified atom stereocenters. The van der Waals surface area contributed by atoms with Gasteiger partial charge in [0.25, 0.3) is 5.91 Å². The third kappa shape index (κ3) is 4.88. The summed E-state index contributed by atoms with van der Waals surface area (Å²) in [6.45, 7) is 3.88. The van der Waals surface area contributed by atoms with Crippen LogP contribution in [0.5, 0.6) is 28.9 Å². The van der Waals surface area contributed by atoms with Crippen LogP contribution in [0.15, 0.2) is 60.8 Å². The Morgan fingerprint density at radius 3 is 2.65 bits per heavy atom. The van der Waals surface area contributed by atoms with Gasteiger partial charge in [-0.15, -0.1) is 0 Å². The first-order chi connectivity index (χ1) is 14.9. The lowest BCUT2D eigenvalue weighted by molar-refractivity contribution is -0.118. The topological polar surface area (TPSA) is 78.9 Å². The second-order valence-corrected chi connectivity index (χ2v) is 7.75. The molecule has 0 aliphatic carbocycles. The van der Waals surface area contributed by atoms with Gasteiger partial charge in [-0.05, 0) is 56.3 Å². The van der Waals surface area contributed by atoms with Crippen molar-refractivity contribution < 1.29 is 23.7 Å². The van der Waals surface area contributed by atoms with Crippen LogP contribution in [0.2, 0.25) is 0 Å². The lowest BCUT2D eigenvalue weighted by atomic mass is 10.0. The second-order valence-electron chi connectivity index (χ2n) is 7.75. The smallest absolute Gasteiger partial charge is 0.262 e. The number of ether oxygens (including phenoxy) is 4. The number of nitrogens with one attached hydrogen (secondary N) is 1. The summed E-state index contributed by atoms with van der Waals surface area (Å²) in [5.74, 6) is 2.50. The molecule has 2 heterocycles. The van der Waals surface area contributed by atoms with E-state index in [-0.39, 0.29) is 24.0 Å². The van der Waals surface area contributed by atoms with Crippen LogP contribution in [0.3, 0.4) is 0 Å². The maximum atomic E-state index is 12.5. The van der Waals surface area contributed by atoms with Gasteiger partial charge in [0.05, 0.1) is 7.11 Å². The Hall–Kier alpha value is -3.74. The largest absolute Gasteiger partial charge is 0.497 e. The molecular formula is C24H24N2O5. The van der Waals surface area contributed by atoms with E-state index < -0.39 is 0 Å². The third-order valence-corrected chi connectivity index (χ3v) is 4.73. The quantitative estimate of drug-likeness (QED) is 0.601. The van der Waals surface area contributed by atoms with Crippen molar-refractivity contribution in [3.8, 4) is 28.9 Å². The third-order valence-electron chi connectivity index (χ3n) is 4.73. The zero-order valence-corrected chi connectivity index (χ0v) is 17.7. The van der Waals surface area contributed by atoms with Gasteiger partial charge < -0.3 is 24.3 Å². The number of carbonyl (C=O) groups excluding carboxylic acids is 1. The summed E-state index contributed by atoms with van der Waals surface area (Å²) in [5, 5.41) is 2.79. The molecule has 0 atom stereocenters. The number of nitrogens with zero attached hydrogens (tertiary/aromatic N) is 1. The number of anilines is 1. The summed E-state index contributed by atoms with van der Waals surface area (Å²) in [6.07, 6.45) is 2.39. The Morgan fingerprint density at radius 2 is 1.87 bits per heavy atom. The van der Waals surface area contributed by atoms with E-state index in [0.29, 0.717) is 22.9 Å². The number of para-hydroxylation sites is 1. The number of methoxy groups -OCH3 is 1. The van der Waals surface area contributed by atoms with Crippen molar-refractivity contribution in [2.24, 2.45) is 0 Å². The Morgan fingerprint density at radius 1 is 1.10 bits per heavy atom. The molecule has 7 heteroatoms. The highest BCUT2D eigenvalue weighted by atomic mass is 16.5. The molecule has 2 aromatic carbocycles. The van der Waals surface area contributed by atoms with Crippen molar-refractivity contribution in [1.82, 2.24) is 4.98 Å². The molecule has 0 fully saturated rings. The van der Waals surface area contributed by atoms with E-state index >= 15 is 0 Å². The highest BCUT2D eigenvalue weighted by molar-refractivity contribution is 5.93. The first-order valence-electron chi connectivity index (χ1n) is 9.94. The number of fused-ring (bicyclic) bond motifs is 1. The SMILES string of the molecule is COc1ccc(Oc2ncccc2NC(=O)COc2cccc3c2OC(C)(C)C3)cc1. The van der Waals surface area contributed by atoms with Crippen LogP contribution in [-0.2, 0) is 11.2 Å². The zero-order chi connectivity index (χ0) is 21.8. The lowest BCUT2D eigenvalue weighted by Gasteiger charge is -2.18. The molecule has 1 N–H and O–H groups in total. The molecule has 4 rings (SSSR count). The molecular weight excluding hydrogens is 396 g/mol. The number of carbonyl (C=O) groups is 1. The molecule has 0 saturated carbocycles. The number of hydrogen-bond acceptors (Lipinski definition) is 6. The van der Waals surface area contributed by atoms with Gasteiger partial charge in [-0.2, -0.15) is 0 Å². The van der Waals surface area contributed by atoms with E-state index in [9.17, 15) is 4.79 Å². The van der Waals surface area contributed by atoms with Crippen LogP contribution >= 0.6 is 0 Å². The van der Waals surface area contributed by atoms with Crippen molar-refractivity contribution in [3.05, 3.63) is 66.4 Å².